The third-order valence-corrected chi connectivity index (χ3v) is 3.12. The lowest BCUT2D eigenvalue weighted by Gasteiger charge is -2.04. The summed E-state index contributed by atoms with van der Waals surface area (Å²) in [5, 5.41) is 1.07. The molecule has 2 aromatic heterocycles. The zero-order valence-corrected chi connectivity index (χ0v) is 11.4. The number of fused-ring (bicyclic) bond motifs is 1. The van der Waals surface area contributed by atoms with E-state index in [1.807, 2.05) is 36.0 Å². The van der Waals surface area contributed by atoms with Crippen LogP contribution >= 0.6 is 12.4 Å². The summed E-state index contributed by atoms with van der Waals surface area (Å²) in [6.45, 7) is 0.560. The van der Waals surface area contributed by atoms with Gasteiger partial charge in [0.15, 0.2) is 0 Å². The van der Waals surface area contributed by atoms with Crippen molar-refractivity contribution >= 4 is 23.4 Å². The van der Waals surface area contributed by atoms with Gasteiger partial charge in [-0.3, -0.25) is 0 Å². The van der Waals surface area contributed by atoms with Crippen LogP contribution in [-0.4, -0.2) is 14.5 Å². The van der Waals surface area contributed by atoms with E-state index in [2.05, 4.69) is 22.1 Å². The average molecular weight is 275 g/mol. The van der Waals surface area contributed by atoms with Crippen molar-refractivity contribution in [3.8, 4) is 11.3 Å². The number of aryl methyl sites for hydroxylation is 1. The highest BCUT2D eigenvalue weighted by molar-refractivity contribution is 5.90. The molecular weight excluding hydrogens is 260 g/mol. The molecule has 0 amide bonds. The molecule has 0 radical (unpaired) electrons. The summed E-state index contributed by atoms with van der Waals surface area (Å²) in [4.78, 5) is 8.68. The number of rotatable bonds is 2. The highest BCUT2D eigenvalue weighted by Gasteiger charge is 2.08. The van der Waals surface area contributed by atoms with E-state index < -0.39 is 0 Å². The predicted molar refractivity (Wildman–Crippen MR) is 79.1 cm³/mol. The van der Waals surface area contributed by atoms with Crippen molar-refractivity contribution in [1.29, 1.82) is 0 Å². The Bertz CT molecular complexity index is 688. The van der Waals surface area contributed by atoms with Gasteiger partial charge >= 0.3 is 0 Å². The molecule has 3 aromatic rings. The summed E-state index contributed by atoms with van der Waals surface area (Å²) in [5.74, 6) is 0. The molecule has 5 heteroatoms. The first-order chi connectivity index (χ1) is 8.79. The lowest BCUT2D eigenvalue weighted by Crippen LogP contribution is -1.96. The third kappa shape index (κ3) is 2.32. The molecule has 1 aromatic carbocycles. The zero-order chi connectivity index (χ0) is 12.5. The Kier molecular flexibility index (Phi) is 3.83. The van der Waals surface area contributed by atoms with E-state index in [0.717, 1.165) is 27.9 Å². The second-order valence-corrected chi connectivity index (χ2v) is 4.29. The van der Waals surface area contributed by atoms with Gasteiger partial charge in [0.1, 0.15) is 12.0 Å². The molecule has 0 aliphatic rings. The molecule has 0 saturated carbocycles. The molecule has 4 nitrogen and oxygen atoms in total. The van der Waals surface area contributed by atoms with Crippen LogP contribution in [-0.2, 0) is 13.6 Å². The maximum absolute atomic E-state index is 5.60. The summed E-state index contributed by atoms with van der Waals surface area (Å²) in [6.07, 6.45) is 3.60. The predicted octanol–water partition coefficient (Wildman–Crippen LogP) is 2.52. The quantitative estimate of drug-likeness (QED) is 0.781. The summed E-state index contributed by atoms with van der Waals surface area (Å²) >= 11 is 0. The molecule has 19 heavy (non-hydrogen) atoms. The van der Waals surface area contributed by atoms with Crippen molar-refractivity contribution in [3.63, 3.8) is 0 Å². The van der Waals surface area contributed by atoms with Gasteiger partial charge in [0, 0.05) is 30.7 Å². The first-order valence-corrected chi connectivity index (χ1v) is 5.85. The standard InChI is InChI=1S/C14H14N4.ClH/c1-18-7-6-12-13(16-9-17-14(12)18)11-4-2-10(8-15)3-5-11;/h2-7,9H,8,15H2,1H3;1H. The molecule has 98 valence electrons. The normalized spacial score (nSPS) is 10.4. The van der Waals surface area contributed by atoms with Gasteiger partial charge in [-0.2, -0.15) is 0 Å². The van der Waals surface area contributed by atoms with E-state index >= 15 is 0 Å². The monoisotopic (exact) mass is 274 g/mol. The largest absolute Gasteiger partial charge is 0.335 e. The van der Waals surface area contributed by atoms with Crippen LogP contribution < -0.4 is 5.73 Å². The van der Waals surface area contributed by atoms with Crippen molar-refractivity contribution in [3.05, 3.63) is 48.4 Å². The molecule has 0 atom stereocenters. The van der Waals surface area contributed by atoms with E-state index in [1.165, 1.54) is 0 Å². The topological polar surface area (TPSA) is 56.7 Å². The van der Waals surface area contributed by atoms with Crippen molar-refractivity contribution in [2.45, 2.75) is 6.54 Å². The molecule has 0 spiro atoms. The van der Waals surface area contributed by atoms with Gasteiger partial charge in [-0.1, -0.05) is 24.3 Å². The SMILES string of the molecule is Cl.Cn1ccc2c(-c3ccc(CN)cc3)ncnc21. The van der Waals surface area contributed by atoms with Gasteiger partial charge in [0.25, 0.3) is 0 Å². The van der Waals surface area contributed by atoms with E-state index in [1.54, 1.807) is 6.33 Å². The molecule has 2 N–H and O–H groups in total. The number of aromatic nitrogens is 3. The van der Waals surface area contributed by atoms with Gasteiger partial charge in [-0.15, -0.1) is 12.4 Å². The Morgan fingerprint density at radius 1 is 1.11 bits per heavy atom. The Hall–Kier alpha value is -1.91. The smallest absolute Gasteiger partial charge is 0.143 e. The fourth-order valence-electron chi connectivity index (χ4n) is 2.11. The minimum Gasteiger partial charge on any atom is -0.335 e. The van der Waals surface area contributed by atoms with Crippen LogP contribution in [0.3, 0.4) is 0 Å². The second kappa shape index (κ2) is 5.38. The Balaban J connectivity index is 0.00000133. The first kappa shape index (κ1) is 13.5. The molecule has 0 unspecified atom stereocenters. The van der Waals surface area contributed by atoms with E-state index in [-0.39, 0.29) is 12.4 Å². The van der Waals surface area contributed by atoms with Crippen LogP contribution in [0.1, 0.15) is 5.56 Å². The fraction of sp³-hybridized carbons (Fsp3) is 0.143. The van der Waals surface area contributed by atoms with Crippen LogP contribution in [0.5, 0.6) is 0 Å². The molecule has 0 bridgehead atoms. The fourth-order valence-corrected chi connectivity index (χ4v) is 2.11. The van der Waals surface area contributed by atoms with Gasteiger partial charge < -0.3 is 10.3 Å². The summed E-state index contributed by atoms with van der Waals surface area (Å²) in [5.41, 5.74) is 9.72. The molecule has 0 fully saturated rings. The van der Waals surface area contributed by atoms with E-state index in [9.17, 15) is 0 Å². The van der Waals surface area contributed by atoms with Crippen LogP contribution in [0.25, 0.3) is 22.3 Å². The molecular formula is C14H15ClN4. The molecule has 2 heterocycles. The average Bonchev–Trinajstić information content (AvgIpc) is 2.81. The maximum Gasteiger partial charge on any atom is 0.143 e. The molecule has 0 saturated heterocycles. The number of hydrogen-bond acceptors (Lipinski definition) is 3. The van der Waals surface area contributed by atoms with Gasteiger partial charge in [-0.25, -0.2) is 9.97 Å². The van der Waals surface area contributed by atoms with Gasteiger partial charge in [0.05, 0.1) is 5.69 Å². The Morgan fingerprint density at radius 2 is 1.84 bits per heavy atom. The molecule has 0 aliphatic carbocycles. The number of benzene rings is 1. The lowest BCUT2D eigenvalue weighted by molar-refractivity contribution is 0.944. The van der Waals surface area contributed by atoms with Crippen molar-refractivity contribution in [1.82, 2.24) is 14.5 Å². The van der Waals surface area contributed by atoms with E-state index in [4.69, 9.17) is 5.73 Å². The van der Waals surface area contributed by atoms with Crippen LogP contribution in [0, 0.1) is 0 Å². The van der Waals surface area contributed by atoms with Crippen molar-refractivity contribution < 1.29 is 0 Å². The highest BCUT2D eigenvalue weighted by atomic mass is 35.5. The minimum absolute atomic E-state index is 0. The number of hydrogen-bond donors (Lipinski definition) is 1. The molecule has 3 rings (SSSR count). The minimum atomic E-state index is 0. The van der Waals surface area contributed by atoms with Crippen molar-refractivity contribution in [2.24, 2.45) is 12.8 Å². The first-order valence-electron chi connectivity index (χ1n) is 5.85. The number of nitrogens with two attached hydrogens (primary N) is 1. The highest BCUT2D eigenvalue weighted by Crippen LogP contribution is 2.25. The Morgan fingerprint density at radius 3 is 2.53 bits per heavy atom. The van der Waals surface area contributed by atoms with Crippen LogP contribution in [0.2, 0.25) is 0 Å². The summed E-state index contributed by atoms with van der Waals surface area (Å²) < 4.78 is 1.99. The van der Waals surface area contributed by atoms with Gasteiger partial charge in [0.2, 0.25) is 0 Å². The number of halogens is 1. The molecule has 0 aliphatic heterocycles. The summed E-state index contributed by atoms with van der Waals surface area (Å²) in [7, 11) is 1.98. The lowest BCUT2D eigenvalue weighted by atomic mass is 10.1. The third-order valence-electron chi connectivity index (χ3n) is 3.12. The van der Waals surface area contributed by atoms with E-state index in [0.29, 0.717) is 6.54 Å². The van der Waals surface area contributed by atoms with Crippen LogP contribution in [0.15, 0.2) is 42.9 Å². The summed E-state index contributed by atoms with van der Waals surface area (Å²) in [6, 6.07) is 10.2. The second-order valence-electron chi connectivity index (χ2n) is 4.29. The Labute approximate surface area is 117 Å². The van der Waals surface area contributed by atoms with Crippen molar-refractivity contribution in [2.75, 3.05) is 0 Å². The maximum atomic E-state index is 5.60. The number of nitrogens with zero attached hydrogens (tertiary/aromatic N) is 3. The zero-order valence-electron chi connectivity index (χ0n) is 10.6. The van der Waals surface area contributed by atoms with Gasteiger partial charge in [-0.05, 0) is 11.6 Å². The van der Waals surface area contributed by atoms with Crippen LogP contribution in [0.4, 0.5) is 0 Å².